The Labute approximate surface area is 222 Å². The first-order valence-electron chi connectivity index (χ1n) is 13.1. The zero-order valence-electron chi connectivity index (χ0n) is 21.1. The van der Waals surface area contributed by atoms with Crippen LogP contribution in [0.5, 0.6) is 0 Å². The number of fused-ring (bicyclic) bond motifs is 2. The van der Waals surface area contributed by atoms with E-state index in [-0.39, 0.29) is 5.91 Å². The highest BCUT2D eigenvalue weighted by atomic mass is 16.2. The number of carbonyl (C=O) groups is 1. The first kappa shape index (κ1) is 23.7. The normalized spacial score (nSPS) is 12.0. The number of nitrogens with zero attached hydrogens (tertiary/aromatic N) is 2. The molecule has 1 heterocycles. The molecule has 1 aromatic heterocycles. The Hall–Kier alpha value is -4.70. The molecule has 0 bridgehead atoms. The number of para-hydroxylation sites is 2. The van der Waals surface area contributed by atoms with Crippen LogP contribution in [0.1, 0.15) is 23.6 Å². The van der Waals surface area contributed by atoms with Crippen LogP contribution in [-0.2, 0) is 17.8 Å². The van der Waals surface area contributed by atoms with E-state index < -0.39 is 6.04 Å². The first-order chi connectivity index (χ1) is 18.8. The fourth-order valence-corrected chi connectivity index (χ4v) is 5.20. The van der Waals surface area contributed by atoms with E-state index in [9.17, 15) is 4.79 Å². The summed E-state index contributed by atoms with van der Waals surface area (Å²) in [5.74, 6) is 0.811. The first-order valence-corrected chi connectivity index (χ1v) is 13.1. The van der Waals surface area contributed by atoms with Crippen molar-refractivity contribution >= 4 is 27.7 Å². The Morgan fingerprint density at radius 2 is 1.37 bits per heavy atom. The number of hydrogen-bond donors (Lipinski definition) is 1. The lowest BCUT2D eigenvalue weighted by molar-refractivity contribution is -0.124. The summed E-state index contributed by atoms with van der Waals surface area (Å²) in [5.41, 5.74) is 5.16. The molecule has 1 N–H and O–H groups in total. The minimum absolute atomic E-state index is 0.00516. The molecule has 0 aliphatic heterocycles. The molecule has 1 atom stereocenters. The summed E-state index contributed by atoms with van der Waals surface area (Å²) < 4.78 is 2.15. The van der Waals surface area contributed by atoms with E-state index in [4.69, 9.17) is 4.98 Å². The molecule has 38 heavy (non-hydrogen) atoms. The molecule has 4 nitrogen and oxygen atoms in total. The van der Waals surface area contributed by atoms with E-state index in [1.54, 1.807) is 0 Å². The molecular weight excluding hydrogens is 466 g/mol. The van der Waals surface area contributed by atoms with Gasteiger partial charge in [-0.15, -0.1) is 0 Å². The van der Waals surface area contributed by atoms with E-state index in [0.29, 0.717) is 13.0 Å². The van der Waals surface area contributed by atoms with Crippen LogP contribution in [0.3, 0.4) is 0 Å². The third-order valence-corrected chi connectivity index (χ3v) is 7.10. The Balaban J connectivity index is 1.46. The number of aromatic nitrogens is 2. The van der Waals surface area contributed by atoms with E-state index in [2.05, 4.69) is 70.5 Å². The van der Waals surface area contributed by atoms with Crippen molar-refractivity contribution in [1.29, 1.82) is 0 Å². The second-order valence-electron chi connectivity index (χ2n) is 9.56. The number of rotatable bonds is 8. The molecule has 1 unspecified atom stereocenters. The smallest absolute Gasteiger partial charge is 0.243 e. The second kappa shape index (κ2) is 10.7. The van der Waals surface area contributed by atoms with Gasteiger partial charge in [0.1, 0.15) is 11.9 Å². The topological polar surface area (TPSA) is 46.9 Å². The second-order valence-corrected chi connectivity index (χ2v) is 9.56. The third kappa shape index (κ3) is 4.81. The van der Waals surface area contributed by atoms with Crippen molar-refractivity contribution in [1.82, 2.24) is 14.9 Å². The van der Waals surface area contributed by atoms with Crippen molar-refractivity contribution in [2.45, 2.75) is 25.4 Å². The maximum absolute atomic E-state index is 14.0. The Morgan fingerprint density at radius 3 is 2.18 bits per heavy atom. The molecule has 186 valence electrons. The van der Waals surface area contributed by atoms with E-state index in [1.807, 2.05) is 66.7 Å². The lowest BCUT2D eigenvalue weighted by atomic mass is 10.0. The van der Waals surface area contributed by atoms with Gasteiger partial charge < -0.3 is 9.88 Å². The highest BCUT2D eigenvalue weighted by molar-refractivity contribution is 5.97. The lowest BCUT2D eigenvalue weighted by Gasteiger charge is -2.22. The summed E-state index contributed by atoms with van der Waals surface area (Å²) in [6, 6.07) is 42.7. The van der Waals surface area contributed by atoms with Crippen LogP contribution in [-0.4, -0.2) is 15.5 Å². The molecule has 0 saturated heterocycles. The van der Waals surface area contributed by atoms with Crippen LogP contribution in [0, 0.1) is 0 Å². The van der Waals surface area contributed by atoms with Crippen LogP contribution >= 0.6 is 0 Å². The predicted octanol–water partition coefficient (Wildman–Crippen LogP) is 7.35. The number of hydrogen-bond acceptors (Lipinski definition) is 2. The van der Waals surface area contributed by atoms with Crippen molar-refractivity contribution < 1.29 is 4.79 Å². The minimum Gasteiger partial charge on any atom is -0.350 e. The highest BCUT2D eigenvalue weighted by Crippen LogP contribution is 2.34. The molecule has 0 fully saturated rings. The molecule has 0 aliphatic rings. The molecule has 0 radical (unpaired) electrons. The van der Waals surface area contributed by atoms with Gasteiger partial charge in [0.2, 0.25) is 5.91 Å². The molecule has 4 heteroatoms. The number of amides is 1. The molecular formula is C34H29N3O. The summed E-state index contributed by atoms with van der Waals surface area (Å²) in [7, 11) is 0. The quantitative estimate of drug-likeness (QED) is 0.240. The van der Waals surface area contributed by atoms with E-state index in [1.165, 1.54) is 5.56 Å². The lowest BCUT2D eigenvalue weighted by Crippen LogP contribution is -2.33. The summed E-state index contributed by atoms with van der Waals surface area (Å²) in [6.45, 7) is 0.484. The van der Waals surface area contributed by atoms with E-state index >= 15 is 0 Å². The predicted molar refractivity (Wildman–Crippen MR) is 155 cm³/mol. The van der Waals surface area contributed by atoms with Crippen LogP contribution in [0.2, 0.25) is 0 Å². The van der Waals surface area contributed by atoms with Gasteiger partial charge >= 0.3 is 0 Å². The monoisotopic (exact) mass is 495 g/mol. The van der Waals surface area contributed by atoms with Crippen molar-refractivity contribution in [2.75, 3.05) is 0 Å². The van der Waals surface area contributed by atoms with Crippen LogP contribution in [0.4, 0.5) is 0 Å². The molecule has 0 spiro atoms. The zero-order chi connectivity index (χ0) is 25.7. The third-order valence-electron chi connectivity index (χ3n) is 7.10. The van der Waals surface area contributed by atoms with Crippen molar-refractivity contribution in [2.24, 2.45) is 0 Å². The molecule has 0 aliphatic carbocycles. The minimum atomic E-state index is -0.430. The van der Waals surface area contributed by atoms with Crippen molar-refractivity contribution in [3.8, 4) is 11.4 Å². The zero-order valence-corrected chi connectivity index (χ0v) is 21.1. The van der Waals surface area contributed by atoms with Gasteiger partial charge in [-0.3, -0.25) is 4.79 Å². The van der Waals surface area contributed by atoms with Gasteiger partial charge in [0.05, 0.1) is 11.0 Å². The largest absolute Gasteiger partial charge is 0.350 e. The Morgan fingerprint density at radius 1 is 0.711 bits per heavy atom. The average Bonchev–Trinajstić information content (AvgIpc) is 3.36. The fourth-order valence-electron chi connectivity index (χ4n) is 5.20. The SMILES string of the molecule is O=C(NCc1ccccc1)C(CCc1ccccc1)n1c(-c2cccc3ccccc23)nc2ccccc21. The Kier molecular flexibility index (Phi) is 6.69. The van der Waals surface area contributed by atoms with Crippen LogP contribution < -0.4 is 5.32 Å². The maximum Gasteiger partial charge on any atom is 0.243 e. The molecule has 6 rings (SSSR count). The molecule has 5 aromatic carbocycles. The van der Waals surface area contributed by atoms with Gasteiger partial charge in [0.25, 0.3) is 0 Å². The van der Waals surface area contributed by atoms with Gasteiger partial charge in [0.15, 0.2) is 0 Å². The summed E-state index contributed by atoms with van der Waals surface area (Å²) in [6.07, 6.45) is 1.44. The van der Waals surface area contributed by atoms with Crippen molar-refractivity contribution in [3.63, 3.8) is 0 Å². The van der Waals surface area contributed by atoms with Crippen LogP contribution in [0.25, 0.3) is 33.2 Å². The number of nitrogens with one attached hydrogen (secondary N) is 1. The number of carbonyl (C=O) groups excluding carboxylic acids is 1. The summed E-state index contributed by atoms with van der Waals surface area (Å²) in [4.78, 5) is 19.1. The van der Waals surface area contributed by atoms with E-state index in [0.717, 1.165) is 45.2 Å². The standard InChI is InChI=1S/C34H29N3O/c38-34(35-24-26-14-5-2-6-15-26)32(23-22-25-12-3-1-4-13-25)37-31-21-10-9-20-30(31)36-33(37)29-19-11-17-27-16-7-8-18-28(27)29/h1-21,32H,22-24H2,(H,35,38). The van der Waals surface area contributed by atoms with Gasteiger partial charge in [0, 0.05) is 12.1 Å². The fraction of sp³-hybridized carbons (Fsp3) is 0.118. The summed E-state index contributed by atoms with van der Waals surface area (Å²) in [5, 5.41) is 5.49. The van der Waals surface area contributed by atoms with Crippen molar-refractivity contribution in [3.05, 3.63) is 139 Å². The van der Waals surface area contributed by atoms with Gasteiger partial charge in [-0.25, -0.2) is 4.98 Å². The average molecular weight is 496 g/mol. The molecule has 0 saturated carbocycles. The van der Waals surface area contributed by atoms with Gasteiger partial charge in [-0.05, 0) is 46.9 Å². The van der Waals surface area contributed by atoms with Crippen LogP contribution in [0.15, 0.2) is 127 Å². The molecule has 1 amide bonds. The Bertz CT molecular complexity index is 1680. The maximum atomic E-state index is 14.0. The number of benzene rings is 5. The molecule has 6 aromatic rings. The number of imidazole rings is 1. The summed E-state index contributed by atoms with van der Waals surface area (Å²) >= 11 is 0. The van der Waals surface area contributed by atoms with Gasteiger partial charge in [-0.1, -0.05) is 115 Å². The van der Waals surface area contributed by atoms with Gasteiger partial charge in [-0.2, -0.15) is 0 Å². The number of aryl methyl sites for hydroxylation is 1. The highest BCUT2D eigenvalue weighted by Gasteiger charge is 2.27.